The summed E-state index contributed by atoms with van der Waals surface area (Å²) in [6.45, 7) is 12.8. The van der Waals surface area contributed by atoms with Crippen molar-refractivity contribution in [1.29, 1.82) is 0 Å². The molecule has 1 atom stereocenters. The largest absolute Gasteiger partial charge is 0.369 e. The Kier molecular flexibility index (Phi) is 6.09. The number of anilines is 1. The van der Waals surface area contributed by atoms with Crippen molar-refractivity contribution in [2.24, 2.45) is 5.92 Å². The van der Waals surface area contributed by atoms with Crippen molar-refractivity contribution in [2.75, 3.05) is 31.1 Å². The Balaban J connectivity index is 1.38. The highest BCUT2D eigenvalue weighted by atomic mass is 16.5. The van der Waals surface area contributed by atoms with Gasteiger partial charge in [0.1, 0.15) is 6.04 Å². The molecule has 1 aromatic carbocycles. The fraction of sp³-hybridized carbons (Fsp3) is 0.609. The highest BCUT2D eigenvalue weighted by Gasteiger charge is 2.31. The Morgan fingerprint density at radius 2 is 1.73 bits per heavy atom. The average molecular weight is 412 g/mol. The standard InChI is InChI=1S/C23H33N5O2/c1-15(2)20(23-25-21(26-30-23)17-5-6-17)24-22(29)18-7-9-19(10-8-18)28-13-11-27(12-14-28)16(3)4/h7-10,15-17,20H,5-6,11-14H2,1-4H3,(H,24,29). The molecule has 1 N–H and O–H groups in total. The lowest BCUT2D eigenvalue weighted by molar-refractivity contribution is 0.0914. The molecule has 1 unspecified atom stereocenters. The molecule has 0 bridgehead atoms. The second-order valence-corrected chi connectivity index (χ2v) is 9.12. The Labute approximate surface area is 178 Å². The van der Waals surface area contributed by atoms with Gasteiger partial charge in [-0.05, 0) is 56.9 Å². The monoisotopic (exact) mass is 411 g/mol. The van der Waals surface area contributed by atoms with Crippen LogP contribution in [0.1, 0.15) is 74.6 Å². The lowest BCUT2D eigenvalue weighted by Crippen LogP contribution is -2.48. The molecular weight excluding hydrogens is 378 g/mol. The van der Waals surface area contributed by atoms with E-state index in [2.05, 4.69) is 39.1 Å². The molecule has 2 aliphatic rings. The topological polar surface area (TPSA) is 74.5 Å². The number of piperazine rings is 1. The molecule has 4 rings (SSSR count). The zero-order chi connectivity index (χ0) is 21.3. The molecule has 30 heavy (non-hydrogen) atoms. The number of nitrogens with one attached hydrogen (secondary N) is 1. The third kappa shape index (κ3) is 4.67. The van der Waals surface area contributed by atoms with Gasteiger partial charge >= 0.3 is 0 Å². The van der Waals surface area contributed by atoms with Gasteiger partial charge in [-0.3, -0.25) is 9.69 Å². The summed E-state index contributed by atoms with van der Waals surface area (Å²) in [5.41, 5.74) is 1.81. The summed E-state index contributed by atoms with van der Waals surface area (Å²) in [6.07, 6.45) is 2.24. The van der Waals surface area contributed by atoms with Crippen molar-refractivity contribution in [3.8, 4) is 0 Å². The molecule has 162 valence electrons. The molecule has 1 saturated carbocycles. The van der Waals surface area contributed by atoms with Crippen LogP contribution < -0.4 is 10.2 Å². The Morgan fingerprint density at radius 1 is 1.07 bits per heavy atom. The predicted octanol–water partition coefficient (Wildman–Crippen LogP) is 3.60. The summed E-state index contributed by atoms with van der Waals surface area (Å²) < 4.78 is 5.46. The first kappa shape index (κ1) is 20.8. The van der Waals surface area contributed by atoms with Crippen LogP contribution in [0.3, 0.4) is 0 Å². The fourth-order valence-corrected chi connectivity index (χ4v) is 3.94. The minimum Gasteiger partial charge on any atom is -0.369 e. The van der Waals surface area contributed by atoms with E-state index in [1.807, 2.05) is 38.1 Å². The van der Waals surface area contributed by atoms with E-state index in [1.165, 1.54) is 5.69 Å². The van der Waals surface area contributed by atoms with Crippen LogP contribution in [0.4, 0.5) is 5.69 Å². The summed E-state index contributed by atoms with van der Waals surface area (Å²) in [5, 5.41) is 7.18. The summed E-state index contributed by atoms with van der Waals surface area (Å²) in [4.78, 5) is 22.3. The molecule has 1 aliphatic heterocycles. The van der Waals surface area contributed by atoms with E-state index in [0.29, 0.717) is 23.4 Å². The summed E-state index contributed by atoms with van der Waals surface area (Å²) >= 11 is 0. The Hall–Kier alpha value is -2.41. The van der Waals surface area contributed by atoms with Gasteiger partial charge < -0.3 is 14.7 Å². The van der Waals surface area contributed by atoms with E-state index >= 15 is 0 Å². The molecule has 1 aromatic heterocycles. The number of carbonyl (C=O) groups excluding carboxylic acids is 1. The van der Waals surface area contributed by atoms with Gasteiger partial charge in [0.2, 0.25) is 5.89 Å². The molecule has 2 aromatic rings. The number of carbonyl (C=O) groups is 1. The molecule has 1 saturated heterocycles. The van der Waals surface area contributed by atoms with Gasteiger partial charge in [-0.2, -0.15) is 4.98 Å². The third-order valence-electron chi connectivity index (χ3n) is 6.16. The van der Waals surface area contributed by atoms with E-state index < -0.39 is 0 Å². The zero-order valence-electron chi connectivity index (χ0n) is 18.5. The predicted molar refractivity (Wildman–Crippen MR) is 117 cm³/mol. The third-order valence-corrected chi connectivity index (χ3v) is 6.16. The van der Waals surface area contributed by atoms with E-state index in [9.17, 15) is 4.79 Å². The van der Waals surface area contributed by atoms with Gasteiger partial charge in [0.05, 0.1) is 0 Å². The maximum atomic E-state index is 12.9. The van der Waals surface area contributed by atoms with Crippen LogP contribution in [0.25, 0.3) is 0 Å². The molecule has 0 radical (unpaired) electrons. The summed E-state index contributed by atoms with van der Waals surface area (Å²) in [7, 11) is 0. The molecule has 7 nitrogen and oxygen atoms in total. The van der Waals surface area contributed by atoms with Gasteiger partial charge in [0.15, 0.2) is 5.82 Å². The minimum atomic E-state index is -0.290. The number of rotatable bonds is 7. The van der Waals surface area contributed by atoms with Crippen LogP contribution in [-0.4, -0.2) is 53.2 Å². The van der Waals surface area contributed by atoms with Crippen LogP contribution in [-0.2, 0) is 0 Å². The van der Waals surface area contributed by atoms with E-state index in [1.54, 1.807) is 0 Å². The molecule has 2 fully saturated rings. The molecule has 2 heterocycles. The molecule has 1 aliphatic carbocycles. The quantitative estimate of drug-likeness (QED) is 0.750. The van der Waals surface area contributed by atoms with E-state index in [4.69, 9.17) is 4.52 Å². The van der Waals surface area contributed by atoms with Crippen LogP contribution in [0.15, 0.2) is 28.8 Å². The van der Waals surface area contributed by atoms with Gasteiger partial charge in [-0.1, -0.05) is 19.0 Å². The van der Waals surface area contributed by atoms with Gasteiger partial charge in [-0.15, -0.1) is 0 Å². The Morgan fingerprint density at radius 3 is 2.30 bits per heavy atom. The zero-order valence-corrected chi connectivity index (χ0v) is 18.5. The van der Waals surface area contributed by atoms with Crippen molar-refractivity contribution in [3.63, 3.8) is 0 Å². The van der Waals surface area contributed by atoms with Crippen LogP contribution in [0.5, 0.6) is 0 Å². The number of amides is 1. The molecule has 7 heteroatoms. The lowest BCUT2D eigenvalue weighted by Gasteiger charge is -2.38. The Bertz CT molecular complexity index is 849. The second kappa shape index (κ2) is 8.76. The van der Waals surface area contributed by atoms with E-state index in [0.717, 1.165) is 44.8 Å². The highest BCUT2D eigenvalue weighted by Crippen LogP contribution is 2.38. The minimum absolute atomic E-state index is 0.115. The average Bonchev–Trinajstić information content (AvgIpc) is 3.49. The van der Waals surface area contributed by atoms with Gasteiger partial charge in [-0.25, -0.2) is 0 Å². The van der Waals surface area contributed by atoms with Crippen molar-refractivity contribution in [2.45, 2.75) is 58.5 Å². The second-order valence-electron chi connectivity index (χ2n) is 9.12. The number of benzene rings is 1. The van der Waals surface area contributed by atoms with Crippen molar-refractivity contribution in [1.82, 2.24) is 20.4 Å². The molecule has 1 amide bonds. The van der Waals surface area contributed by atoms with Crippen LogP contribution in [0.2, 0.25) is 0 Å². The molecule has 0 spiro atoms. The first-order valence-electron chi connectivity index (χ1n) is 11.2. The number of nitrogens with zero attached hydrogens (tertiary/aromatic N) is 4. The van der Waals surface area contributed by atoms with Crippen molar-refractivity contribution >= 4 is 11.6 Å². The summed E-state index contributed by atoms with van der Waals surface area (Å²) in [5.74, 6) is 1.74. The van der Waals surface area contributed by atoms with E-state index in [-0.39, 0.29) is 17.9 Å². The van der Waals surface area contributed by atoms with Gasteiger partial charge in [0.25, 0.3) is 5.91 Å². The van der Waals surface area contributed by atoms with Crippen molar-refractivity contribution < 1.29 is 9.32 Å². The fourth-order valence-electron chi connectivity index (χ4n) is 3.94. The number of aromatic nitrogens is 2. The van der Waals surface area contributed by atoms with Crippen LogP contribution in [0, 0.1) is 5.92 Å². The summed E-state index contributed by atoms with van der Waals surface area (Å²) in [6, 6.07) is 8.19. The maximum Gasteiger partial charge on any atom is 0.251 e. The van der Waals surface area contributed by atoms with Crippen LogP contribution >= 0.6 is 0 Å². The first-order valence-corrected chi connectivity index (χ1v) is 11.2. The molecular formula is C23H33N5O2. The lowest BCUT2D eigenvalue weighted by atomic mass is 10.0. The van der Waals surface area contributed by atoms with Crippen molar-refractivity contribution in [3.05, 3.63) is 41.5 Å². The first-order chi connectivity index (χ1) is 14.4. The van der Waals surface area contributed by atoms with Gasteiger partial charge in [0, 0.05) is 49.4 Å². The highest BCUT2D eigenvalue weighted by molar-refractivity contribution is 5.94. The normalized spacial score (nSPS) is 18.8. The SMILES string of the molecule is CC(C)C(NC(=O)c1ccc(N2CCN(C(C)C)CC2)cc1)c1nc(C2CC2)no1. The number of hydrogen-bond acceptors (Lipinski definition) is 6. The number of hydrogen-bond donors (Lipinski definition) is 1. The smallest absolute Gasteiger partial charge is 0.251 e. The maximum absolute atomic E-state index is 12.9.